The highest BCUT2D eigenvalue weighted by Gasteiger charge is 2.34. The largest absolute Gasteiger partial charge is 0.444 e. The van der Waals surface area contributed by atoms with Gasteiger partial charge in [-0.3, -0.25) is 9.91 Å². The highest BCUT2D eigenvalue weighted by Crippen LogP contribution is 2.31. The molecule has 13 heteroatoms. The number of urea groups is 1. The van der Waals surface area contributed by atoms with Crippen molar-refractivity contribution in [3.05, 3.63) is 40.4 Å². The van der Waals surface area contributed by atoms with Crippen molar-refractivity contribution in [1.82, 2.24) is 20.7 Å². The number of aromatic nitrogens is 1. The lowest BCUT2D eigenvalue weighted by Crippen LogP contribution is -2.48. The monoisotopic (exact) mass is 508 g/mol. The van der Waals surface area contributed by atoms with Gasteiger partial charge in [0.1, 0.15) is 22.6 Å². The number of ketones is 1. The Balaban J connectivity index is 1.39. The molecule has 188 valence electrons. The fourth-order valence-corrected chi connectivity index (χ4v) is 4.53. The molecule has 10 nitrogen and oxygen atoms in total. The van der Waals surface area contributed by atoms with Crippen LogP contribution in [-0.4, -0.2) is 66.7 Å². The predicted molar refractivity (Wildman–Crippen MR) is 125 cm³/mol. The minimum absolute atomic E-state index is 0.0246. The zero-order chi connectivity index (χ0) is 24.9. The number of anilines is 2. The summed E-state index contributed by atoms with van der Waals surface area (Å²) in [7, 11) is 0. The maximum Gasteiger partial charge on any atom is 0.414 e. The number of amides is 3. The maximum atomic E-state index is 15.1. The van der Waals surface area contributed by atoms with Gasteiger partial charge in [-0.15, -0.1) is 11.3 Å². The van der Waals surface area contributed by atoms with E-state index in [1.165, 1.54) is 33.1 Å². The summed E-state index contributed by atoms with van der Waals surface area (Å²) in [6, 6.07) is 1.85. The van der Waals surface area contributed by atoms with Gasteiger partial charge in [0.15, 0.2) is 11.6 Å². The molecule has 0 bridgehead atoms. The molecule has 2 N–H and O–H groups in total. The van der Waals surface area contributed by atoms with Gasteiger partial charge in [-0.2, -0.15) is 0 Å². The summed E-state index contributed by atoms with van der Waals surface area (Å²) >= 11 is 1.43. The summed E-state index contributed by atoms with van der Waals surface area (Å²) in [6.45, 7) is 2.81. The van der Waals surface area contributed by atoms with Crippen LogP contribution < -0.4 is 20.5 Å². The maximum absolute atomic E-state index is 15.1. The molecule has 1 aromatic carbocycles. The lowest BCUT2D eigenvalue weighted by atomic mass is 10.1. The summed E-state index contributed by atoms with van der Waals surface area (Å²) < 4.78 is 35.4. The van der Waals surface area contributed by atoms with Crippen molar-refractivity contribution in [1.29, 1.82) is 0 Å². The highest BCUT2D eigenvalue weighted by molar-refractivity contribution is 7.09. The van der Waals surface area contributed by atoms with E-state index in [0.29, 0.717) is 13.0 Å². The van der Waals surface area contributed by atoms with Gasteiger partial charge < -0.3 is 19.7 Å². The first-order chi connectivity index (χ1) is 16.8. The smallest absolute Gasteiger partial charge is 0.414 e. The Morgan fingerprint density at radius 2 is 2.03 bits per heavy atom. The standard InChI is InChI=1S/C22H26F2N6O4S/c1-14(31)2-3-16-13-29(22(33)34-16)15-10-17(23)20(18(24)11-15)28-6-4-27-30(8-7-28)21(32)26-12-19-25-5-9-35-19/h5,9-11,16,27H,2-4,6-8,12-13H2,1H3,(H,26,32)/t16-/m0/s1. The number of Topliss-reactive ketones (excluding diaryl/α,β-unsaturated/α-hetero) is 1. The van der Waals surface area contributed by atoms with E-state index >= 15 is 8.78 Å². The van der Waals surface area contributed by atoms with Crippen LogP contribution in [0.15, 0.2) is 23.7 Å². The number of hydrazine groups is 1. The summed E-state index contributed by atoms with van der Waals surface area (Å²) in [5, 5.41) is 6.72. The van der Waals surface area contributed by atoms with E-state index in [0.717, 1.165) is 17.1 Å². The van der Waals surface area contributed by atoms with Crippen LogP contribution in [0.2, 0.25) is 0 Å². The lowest BCUT2D eigenvalue weighted by molar-refractivity contribution is -0.117. The fraction of sp³-hybridized carbons (Fsp3) is 0.455. The van der Waals surface area contributed by atoms with Crippen LogP contribution in [0, 0.1) is 11.6 Å². The second kappa shape index (κ2) is 11.0. The third-order valence-corrected chi connectivity index (χ3v) is 6.50. The number of benzene rings is 1. The summed E-state index contributed by atoms with van der Waals surface area (Å²) in [5.74, 6) is -1.66. The van der Waals surface area contributed by atoms with Crippen LogP contribution in [-0.2, 0) is 16.1 Å². The average molecular weight is 509 g/mol. The van der Waals surface area contributed by atoms with E-state index < -0.39 is 23.8 Å². The molecule has 3 amide bonds. The zero-order valence-electron chi connectivity index (χ0n) is 19.1. The van der Waals surface area contributed by atoms with Crippen molar-refractivity contribution >= 4 is 40.6 Å². The number of carbonyl (C=O) groups excluding carboxylic acids is 3. The number of thiazole rings is 1. The Kier molecular flexibility index (Phi) is 7.76. The average Bonchev–Trinajstić information content (AvgIpc) is 3.39. The Morgan fingerprint density at radius 3 is 2.71 bits per heavy atom. The van der Waals surface area contributed by atoms with Crippen LogP contribution in [0.3, 0.4) is 0 Å². The zero-order valence-corrected chi connectivity index (χ0v) is 19.9. The first-order valence-corrected chi connectivity index (χ1v) is 12.1. The molecule has 2 aliphatic rings. The van der Waals surface area contributed by atoms with E-state index in [2.05, 4.69) is 15.7 Å². The fourth-order valence-electron chi connectivity index (χ4n) is 3.97. The molecule has 1 aromatic heterocycles. The van der Waals surface area contributed by atoms with Crippen molar-refractivity contribution in [2.45, 2.75) is 32.4 Å². The third kappa shape index (κ3) is 6.03. The number of halogens is 2. The van der Waals surface area contributed by atoms with E-state index in [-0.39, 0.29) is 62.3 Å². The number of carbonyl (C=O) groups is 3. The minimum Gasteiger partial charge on any atom is -0.444 e. The normalized spacial score (nSPS) is 18.4. The third-order valence-electron chi connectivity index (χ3n) is 5.72. The quantitative estimate of drug-likeness (QED) is 0.592. The molecule has 0 unspecified atom stereocenters. The molecule has 1 atom stereocenters. The van der Waals surface area contributed by atoms with Crippen LogP contribution in [0.4, 0.5) is 29.7 Å². The summed E-state index contributed by atoms with van der Waals surface area (Å²) in [5.41, 5.74) is 2.79. The molecule has 2 saturated heterocycles. The van der Waals surface area contributed by atoms with Crippen molar-refractivity contribution < 1.29 is 27.9 Å². The number of hydrogen-bond acceptors (Lipinski definition) is 8. The van der Waals surface area contributed by atoms with Crippen molar-refractivity contribution in [3.63, 3.8) is 0 Å². The molecular weight excluding hydrogens is 482 g/mol. The highest BCUT2D eigenvalue weighted by atomic mass is 32.1. The number of rotatable bonds is 7. The number of hydrogen-bond donors (Lipinski definition) is 2. The Morgan fingerprint density at radius 1 is 1.26 bits per heavy atom. The van der Waals surface area contributed by atoms with Gasteiger partial charge in [-0.25, -0.2) is 28.8 Å². The molecule has 35 heavy (non-hydrogen) atoms. The Labute approximate surface area is 204 Å². The summed E-state index contributed by atoms with van der Waals surface area (Å²) in [4.78, 5) is 42.7. The van der Waals surface area contributed by atoms with Gasteiger partial charge in [0.05, 0.1) is 25.3 Å². The Bertz CT molecular complexity index is 1060. The number of nitrogens with zero attached hydrogens (tertiary/aromatic N) is 4. The molecule has 0 radical (unpaired) electrons. The van der Waals surface area contributed by atoms with Crippen LogP contribution in [0.5, 0.6) is 0 Å². The van der Waals surface area contributed by atoms with Crippen LogP contribution in [0.1, 0.15) is 24.8 Å². The van der Waals surface area contributed by atoms with Gasteiger partial charge in [0.25, 0.3) is 0 Å². The van der Waals surface area contributed by atoms with E-state index in [4.69, 9.17) is 4.74 Å². The molecule has 2 fully saturated rings. The van der Waals surface area contributed by atoms with Gasteiger partial charge in [-0.05, 0) is 13.3 Å². The number of nitrogens with one attached hydrogen (secondary N) is 2. The number of ether oxygens (including phenoxy) is 1. The lowest BCUT2D eigenvalue weighted by Gasteiger charge is -2.25. The van der Waals surface area contributed by atoms with E-state index in [9.17, 15) is 14.4 Å². The molecule has 3 heterocycles. The molecule has 0 aliphatic carbocycles. The SMILES string of the molecule is CC(=O)CC[C@H]1CN(c2cc(F)c(N3CCNN(C(=O)NCc4nccs4)CC3)c(F)c2)C(=O)O1. The van der Waals surface area contributed by atoms with Gasteiger partial charge in [0.2, 0.25) is 0 Å². The van der Waals surface area contributed by atoms with Crippen molar-refractivity contribution in [2.75, 3.05) is 42.5 Å². The summed E-state index contributed by atoms with van der Waals surface area (Å²) in [6.07, 6.45) is 1.05. The molecule has 4 rings (SSSR count). The van der Waals surface area contributed by atoms with Gasteiger partial charge >= 0.3 is 12.1 Å². The molecule has 0 saturated carbocycles. The van der Waals surface area contributed by atoms with Crippen molar-refractivity contribution in [2.24, 2.45) is 0 Å². The molecule has 2 aliphatic heterocycles. The second-order valence-corrected chi connectivity index (χ2v) is 9.23. The molecule has 2 aromatic rings. The van der Waals surface area contributed by atoms with Crippen LogP contribution >= 0.6 is 11.3 Å². The van der Waals surface area contributed by atoms with E-state index in [1.54, 1.807) is 6.20 Å². The number of cyclic esters (lactones) is 1. The van der Waals surface area contributed by atoms with Gasteiger partial charge in [0, 0.05) is 49.8 Å². The predicted octanol–water partition coefficient (Wildman–Crippen LogP) is 2.65. The Hall–Kier alpha value is -3.32. The van der Waals surface area contributed by atoms with Crippen LogP contribution in [0.25, 0.3) is 0 Å². The van der Waals surface area contributed by atoms with Crippen molar-refractivity contribution in [3.8, 4) is 0 Å². The first-order valence-electron chi connectivity index (χ1n) is 11.2. The second-order valence-electron chi connectivity index (χ2n) is 8.25. The van der Waals surface area contributed by atoms with E-state index in [1.807, 2.05) is 5.38 Å². The molecule has 0 spiro atoms. The van der Waals surface area contributed by atoms with Gasteiger partial charge in [-0.1, -0.05) is 0 Å². The first kappa shape index (κ1) is 24.8. The molecular formula is C22H26F2N6O4S. The minimum atomic E-state index is -0.818. The topological polar surface area (TPSA) is 107 Å².